The van der Waals surface area contributed by atoms with Crippen molar-refractivity contribution in [1.82, 2.24) is 9.80 Å². The minimum Gasteiger partial charge on any atom is -0.323 e. The van der Waals surface area contributed by atoms with Crippen LogP contribution in [0, 0.1) is 0 Å². The molecule has 2 aliphatic rings. The van der Waals surface area contributed by atoms with Gasteiger partial charge in [0.15, 0.2) is 0 Å². The first-order valence-electron chi connectivity index (χ1n) is 7.48. The summed E-state index contributed by atoms with van der Waals surface area (Å²) < 4.78 is 0. The van der Waals surface area contributed by atoms with Crippen molar-refractivity contribution in [3.8, 4) is 0 Å². The van der Waals surface area contributed by atoms with E-state index < -0.39 is 0 Å². The van der Waals surface area contributed by atoms with Crippen LogP contribution in [-0.4, -0.2) is 48.6 Å². The zero-order valence-corrected chi connectivity index (χ0v) is 12.0. The quantitative estimate of drug-likeness (QED) is 0.876. The van der Waals surface area contributed by atoms with Crippen LogP contribution in [-0.2, 0) is 6.42 Å². The number of nitrogens with zero attached hydrogens (tertiary/aromatic N) is 2. The van der Waals surface area contributed by atoms with E-state index >= 15 is 0 Å². The molecular weight excluding hydrogens is 234 g/mol. The van der Waals surface area contributed by atoms with Crippen molar-refractivity contribution in [2.45, 2.75) is 37.9 Å². The number of hydrogen-bond acceptors (Lipinski definition) is 3. The van der Waals surface area contributed by atoms with E-state index in [4.69, 9.17) is 5.73 Å². The SMILES string of the molecule is CCC1CN(C2Cc3ccccc3C2N)CCN1C. The van der Waals surface area contributed by atoms with E-state index in [2.05, 4.69) is 48.0 Å². The Bertz CT molecular complexity index is 445. The second-order valence-corrected chi connectivity index (χ2v) is 6.03. The first-order chi connectivity index (χ1) is 9.20. The Morgan fingerprint density at radius 1 is 1.26 bits per heavy atom. The fourth-order valence-corrected chi connectivity index (χ4v) is 3.67. The third-order valence-electron chi connectivity index (χ3n) is 5.01. The van der Waals surface area contributed by atoms with E-state index in [1.54, 1.807) is 0 Å². The number of hydrogen-bond donors (Lipinski definition) is 1. The highest BCUT2D eigenvalue weighted by Gasteiger charge is 2.36. The fraction of sp³-hybridized carbons (Fsp3) is 0.625. The third kappa shape index (κ3) is 2.31. The first-order valence-corrected chi connectivity index (χ1v) is 7.48. The zero-order valence-electron chi connectivity index (χ0n) is 12.0. The van der Waals surface area contributed by atoms with Crippen LogP contribution in [0.25, 0.3) is 0 Å². The van der Waals surface area contributed by atoms with Crippen LogP contribution in [0.4, 0.5) is 0 Å². The van der Waals surface area contributed by atoms with Crippen LogP contribution in [0.3, 0.4) is 0 Å². The van der Waals surface area contributed by atoms with E-state index in [0.717, 1.165) is 19.5 Å². The molecule has 3 atom stereocenters. The Morgan fingerprint density at radius 2 is 2.05 bits per heavy atom. The van der Waals surface area contributed by atoms with Gasteiger partial charge in [0.2, 0.25) is 0 Å². The summed E-state index contributed by atoms with van der Waals surface area (Å²) in [5.41, 5.74) is 9.30. The summed E-state index contributed by atoms with van der Waals surface area (Å²) in [4.78, 5) is 5.11. The van der Waals surface area contributed by atoms with Gasteiger partial charge in [-0.15, -0.1) is 0 Å². The van der Waals surface area contributed by atoms with Crippen LogP contribution in [0.5, 0.6) is 0 Å². The molecule has 0 spiro atoms. The summed E-state index contributed by atoms with van der Waals surface area (Å²) in [6.07, 6.45) is 2.35. The van der Waals surface area contributed by atoms with E-state index in [0.29, 0.717) is 12.1 Å². The molecule has 104 valence electrons. The van der Waals surface area contributed by atoms with Crippen molar-refractivity contribution >= 4 is 0 Å². The fourth-order valence-electron chi connectivity index (χ4n) is 3.67. The Kier molecular flexibility index (Phi) is 3.61. The van der Waals surface area contributed by atoms with Crippen LogP contribution in [0.15, 0.2) is 24.3 Å². The molecule has 1 aliphatic heterocycles. The summed E-state index contributed by atoms with van der Waals surface area (Å²) in [5, 5.41) is 0. The summed E-state index contributed by atoms with van der Waals surface area (Å²) in [7, 11) is 2.24. The molecule has 1 aromatic carbocycles. The van der Waals surface area contributed by atoms with Gasteiger partial charge in [-0.2, -0.15) is 0 Å². The lowest BCUT2D eigenvalue weighted by molar-refractivity contribution is 0.0573. The molecule has 1 saturated heterocycles. The molecule has 1 aromatic rings. The number of rotatable bonds is 2. The molecule has 3 rings (SSSR count). The summed E-state index contributed by atoms with van der Waals surface area (Å²) in [6.45, 7) is 5.77. The predicted octanol–water partition coefficient (Wildman–Crippen LogP) is 1.64. The standard InChI is InChI=1S/C16H25N3/c1-3-13-11-19(9-8-18(13)2)15-10-12-6-4-5-7-14(12)16(15)17/h4-7,13,15-16H,3,8-11,17H2,1-2H3. The molecule has 1 fully saturated rings. The van der Waals surface area contributed by atoms with Crippen molar-refractivity contribution in [1.29, 1.82) is 0 Å². The summed E-state index contributed by atoms with van der Waals surface area (Å²) >= 11 is 0. The van der Waals surface area contributed by atoms with Gasteiger partial charge < -0.3 is 10.6 Å². The third-order valence-corrected chi connectivity index (χ3v) is 5.01. The lowest BCUT2D eigenvalue weighted by Crippen LogP contribution is -2.55. The summed E-state index contributed by atoms with van der Waals surface area (Å²) in [5.74, 6) is 0. The molecule has 1 heterocycles. The molecular formula is C16H25N3. The highest BCUT2D eigenvalue weighted by molar-refractivity contribution is 5.37. The van der Waals surface area contributed by atoms with Gasteiger partial charge in [0, 0.05) is 37.8 Å². The lowest BCUT2D eigenvalue weighted by Gasteiger charge is -2.43. The van der Waals surface area contributed by atoms with Crippen molar-refractivity contribution < 1.29 is 0 Å². The van der Waals surface area contributed by atoms with Crippen LogP contribution < -0.4 is 5.73 Å². The first kappa shape index (κ1) is 13.1. The van der Waals surface area contributed by atoms with Gasteiger partial charge in [0.1, 0.15) is 0 Å². The normalized spacial score (nSPS) is 32.5. The Morgan fingerprint density at radius 3 is 2.79 bits per heavy atom. The maximum atomic E-state index is 6.49. The van der Waals surface area contributed by atoms with Gasteiger partial charge >= 0.3 is 0 Å². The Hall–Kier alpha value is -0.900. The smallest absolute Gasteiger partial charge is 0.0459 e. The Labute approximate surface area is 116 Å². The van der Waals surface area contributed by atoms with Gasteiger partial charge in [0.25, 0.3) is 0 Å². The molecule has 0 saturated carbocycles. The molecule has 3 heteroatoms. The molecule has 1 aliphatic carbocycles. The average molecular weight is 259 g/mol. The van der Waals surface area contributed by atoms with Crippen molar-refractivity contribution in [2.24, 2.45) is 5.73 Å². The molecule has 3 nitrogen and oxygen atoms in total. The number of likely N-dealkylation sites (N-methyl/N-ethyl adjacent to an activating group) is 1. The van der Waals surface area contributed by atoms with Gasteiger partial charge in [0.05, 0.1) is 0 Å². The second-order valence-electron chi connectivity index (χ2n) is 6.03. The Balaban J connectivity index is 1.75. The van der Waals surface area contributed by atoms with Gasteiger partial charge in [-0.25, -0.2) is 0 Å². The summed E-state index contributed by atoms with van der Waals surface area (Å²) in [6, 6.07) is 10.1. The van der Waals surface area contributed by atoms with E-state index in [1.807, 2.05) is 0 Å². The molecule has 0 radical (unpaired) electrons. The van der Waals surface area contributed by atoms with E-state index in [9.17, 15) is 0 Å². The minimum absolute atomic E-state index is 0.192. The largest absolute Gasteiger partial charge is 0.323 e. The van der Waals surface area contributed by atoms with Crippen molar-refractivity contribution in [3.05, 3.63) is 35.4 Å². The van der Waals surface area contributed by atoms with Crippen LogP contribution >= 0.6 is 0 Å². The highest BCUT2D eigenvalue weighted by Crippen LogP contribution is 2.33. The maximum Gasteiger partial charge on any atom is 0.0459 e. The second kappa shape index (κ2) is 5.23. The molecule has 2 N–H and O–H groups in total. The highest BCUT2D eigenvalue weighted by atomic mass is 15.3. The van der Waals surface area contributed by atoms with Crippen LogP contribution in [0.1, 0.15) is 30.5 Å². The number of fused-ring (bicyclic) bond motifs is 1. The molecule has 0 bridgehead atoms. The number of piperazine rings is 1. The van der Waals surface area contributed by atoms with E-state index in [-0.39, 0.29) is 6.04 Å². The molecule has 3 unspecified atom stereocenters. The maximum absolute atomic E-state index is 6.49. The molecule has 19 heavy (non-hydrogen) atoms. The van der Waals surface area contributed by atoms with Crippen LogP contribution in [0.2, 0.25) is 0 Å². The average Bonchev–Trinajstić information content (AvgIpc) is 2.77. The lowest BCUT2D eigenvalue weighted by atomic mass is 10.0. The number of nitrogens with two attached hydrogens (primary N) is 1. The molecule has 0 aromatic heterocycles. The monoisotopic (exact) mass is 259 g/mol. The molecule has 0 amide bonds. The predicted molar refractivity (Wildman–Crippen MR) is 79.1 cm³/mol. The van der Waals surface area contributed by atoms with E-state index in [1.165, 1.54) is 24.1 Å². The van der Waals surface area contributed by atoms with Gasteiger partial charge in [-0.1, -0.05) is 31.2 Å². The minimum atomic E-state index is 0.192. The topological polar surface area (TPSA) is 32.5 Å². The van der Waals surface area contributed by atoms with Gasteiger partial charge in [-0.3, -0.25) is 4.90 Å². The van der Waals surface area contributed by atoms with Gasteiger partial charge in [-0.05, 0) is 31.0 Å². The zero-order chi connectivity index (χ0) is 13.4. The number of benzene rings is 1. The van der Waals surface area contributed by atoms with Crippen molar-refractivity contribution in [2.75, 3.05) is 26.7 Å². The van der Waals surface area contributed by atoms with Crippen molar-refractivity contribution in [3.63, 3.8) is 0 Å².